The van der Waals surface area contributed by atoms with Crippen molar-refractivity contribution in [2.45, 2.75) is 6.92 Å². The number of hydrogen-bond acceptors (Lipinski definition) is 4. The Labute approximate surface area is 136 Å². The van der Waals surface area contributed by atoms with Crippen LogP contribution in [0.2, 0.25) is 0 Å². The molecule has 0 aliphatic carbocycles. The van der Waals surface area contributed by atoms with Crippen molar-refractivity contribution in [3.05, 3.63) is 59.2 Å². The van der Waals surface area contributed by atoms with Crippen molar-refractivity contribution in [1.29, 1.82) is 0 Å². The average molecular weight is 312 g/mol. The summed E-state index contributed by atoms with van der Waals surface area (Å²) in [6.45, 7) is 1.91. The van der Waals surface area contributed by atoms with E-state index >= 15 is 0 Å². The van der Waals surface area contributed by atoms with E-state index in [0.29, 0.717) is 17.1 Å². The first-order valence-corrected chi connectivity index (χ1v) is 7.17. The fourth-order valence-corrected chi connectivity index (χ4v) is 2.23. The highest BCUT2D eigenvalue weighted by Gasteiger charge is 2.06. The summed E-state index contributed by atoms with van der Waals surface area (Å²) < 4.78 is 15.6. The Morgan fingerprint density at radius 2 is 1.57 bits per heavy atom. The Morgan fingerprint density at radius 3 is 2.09 bits per heavy atom. The summed E-state index contributed by atoms with van der Waals surface area (Å²) in [4.78, 5) is 12.3. The maximum Gasteiger partial charge on any atom is 0.185 e. The summed E-state index contributed by atoms with van der Waals surface area (Å²) in [5.74, 6) is 2.05. The number of benzene rings is 2. The first kappa shape index (κ1) is 16.6. The Balaban J connectivity index is 2.22. The monoisotopic (exact) mass is 312 g/mol. The van der Waals surface area contributed by atoms with E-state index in [-0.39, 0.29) is 5.78 Å². The number of carbonyl (C=O) groups is 1. The van der Waals surface area contributed by atoms with Crippen molar-refractivity contribution in [2.75, 3.05) is 21.3 Å². The third-order valence-corrected chi connectivity index (χ3v) is 3.48. The van der Waals surface area contributed by atoms with Gasteiger partial charge in [0.05, 0.1) is 21.3 Å². The Hall–Kier alpha value is -2.75. The molecule has 2 aromatic carbocycles. The molecule has 0 aliphatic rings. The number of allylic oxidation sites excluding steroid dienone is 1. The van der Waals surface area contributed by atoms with E-state index in [1.54, 1.807) is 45.6 Å². The molecule has 4 nitrogen and oxygen atoms in total. The van der Waals surface area contributed by atoms with Crippen LogP contribution in [0.3, 0.4) is 0 Å². The van der Waals surface area contributed by atoms with Gasteiger partial charge in [0, 0.05) is 11.6 Å². The van der Waals surface area contributed by atoms with Gasteiger partial charge >= 0.3 is 0 Å². The van der Waals surface area contributed by atoms with Crippen LogP contribution in [0.1, 0.15) is 21.5 Å². The fraction of sp³-hybridized carbons (Fsp3) is 0.211. The number of rotatable bonds is 6. The number of carbonyl (C=O) groups excluding carboxylic acids is 1. The molecule has 0 heterocycles. The van der Waals surface area contributed by atoms with Crippen molar-refractivity contribution in [3.63, 3.8) is 0 Å². The summed E-state index contributed by atoms with van der Waals surface area (Å²) >= 11 is 0. The van der Waals surface area contributed by atoms with Crippen molar-refractivity contribution in [2.24, 2.45) is 0 Å². The van der Waals surface area contributed by atoms with E-state index in [0.717, 1.165) is 16.9 Å². The molecule has 0 amide bonds. The average Bonchev–Trinajstić information content (AvgIpc) is 2.59. The van der Waals surface area contributed by atoms with Crippen molar-refractivity contribution in [3.8, 4) is 17.2 Å². The summed E-state index contributed by atoms with van der Waals surface area (Å²) in [6, 6.07) is 10.8. The van der Waals surface area contributed by atoms with Crippen LogP contribution in [0.15, 0.2) is 42.5 Å². The van der Waals surface area contributed by atoms with E-state index in [1.165, 1.54) is 6.08 Å². The first-order valence-electron chi connectivity index (χ1n) is 7.17. The van der Waals surface area contributed by atoms with Gasteiger partial charge in [-0.25, -0.2) is 0 Å². The maximum absolute atomic E-state index is 12.3. The summed E-state index contributed by atoms with van der Waals surface area (Å²) in [5, 5.41) is 0. The molecule has 0 spiro atoms. The van der Waals surface area contributed by atoms with Crippen LogP contribution in [-0.4, -0.2) is 27.1 Å². The quantitative estimate of drug-likeness (QED) is 0.599. The van der Waals surface area contributed by atoms with Crippen LogP contribution >= 0.6 is 0 Å². The van der Waals surface area contributed by atoms with Gasteiger partial charge in [-0.05, 0) is 54.5 Å². The normalized spacial score (nSPS) is 10.6. The molecule has 0 bridgehead atoms. The molecule has 0 N–H and O–H groups in total. The van der Waals surface area contributed by atoms with Crippen molar-refractivity contribution in [1.82, 2.24) is 0 Å². The molecule has 0 fully saturated rings. The van der Waals surface area contributed by atoms with Gasteiger partial charge in [-0.2, -0.15) is 0 Å². The van der Waals surface area contributed by atoms with Gasteiger partial charge in [0.25, 0.3) is 0 Å². The highest BCUT2D eigenvalue weighted by Crippen LogP contribution is 2.24. The summed E-state index contributed by atoms with van der Waals surface area (Å²) in [6.07, 6.45) is 3.28. The first-order chi connectivity index (χ1) is 11.1. The molecular formula is C19H20O4. The molecule has 0 atom stereocenters. The van der Waals surface area contributed by atoms with E-state index in [2.05, 4.69) is 0 Å². The van der Waals surface area contributed by atoms with Crippen LogP contribution in [-0.2, 0) is 0 Å². The standard InChI is InChI=1S/C19H20O4/c1-13-9-15(6-8-19(13)23-4)18(20)7-5-14-10-16(21-2)12-17(11-14)22-3/h5-12H,1-4H3. The smallest absolute Gasteiger partial charge is 0.185 e. The minimum absolute atomic E-state index is 0.0717. The molecule has 0 aromatic heterocycles. The van der Waals surface area contributed by atoms with Crippen molar-refractivity contribution >= 4 is 11.9 Å². The summed E-state index contributed by atoms with van der Waals surface area (Å²) in [5.41, 5.74) is 2.38. The maximum atomic E-state index is 12.3. The van der Waals surface area contributed by atoms with Crippen LogP contribution in [0.4, 0.5) is 0 Å². The second kappa shape index (κ2) is 7.49. The molecule has 0 saturated carbocycles. The third kappa shape index (κ3) is 4.13. The van der Waals surface area contributed by atoms with E-state index in [1.807, 2.05) is 25.1 Å². The highest BCUT2D eigenvalue weighted by atomic mass is 16.5. The molecule has 4 heteroatoms. The van der Waals surface area contributed by atoms with Gasteiger partial charge in [0.2, 0.25) is 0 Å². The zero-order valence-electron chi connectivity index (χ0n) is 13.8. The lowest BCUT2D eigenvalue weighted by Gasteiger charge is -2.06. The van der Waals surface area contributed by atoms with Crippen LogP contribution in [0, 0.1) is 6.92 Å². The Kier molecular flexibility index (Phi) is 5.41. The zero-order chi connectivity index (χ0) is 16.8. The van der Waals surface area contributed by atoms with Crippen molar-refractivity contribution < 1.29 is 19.0 Å². The molecule has 120 valence electrons. The molecule has 2 rings (SSSR count). The number of ketones is 1. The molecular weight excluding hydrogens is 292 g/mol. The number of methoxy groups -OCH3 is 3. The summed E-state index contributed by atoms with van der Waals surface area (Å²) in [7, 11) is 4.79. The Bertz CT molecular complexity index is 710. The SMILES string of the molecule is COc1cc(C=CC(=O)c2ccc(OC)c(C)c2)cc(OC)c1. The van der Waals surface area contributed by atoms with E-state index in [9.17, 15) is 4.79 Å². The largest absolute Gasteiger partial charge is 0.497 e. The zero-order valence-corrected chi connectivity index (χ0v) is 13.8. The van der Waals surface area contributed by atoms with Gasteiger partial charge < -0.3 is 14.2 Å². The molecule has 0 aliphatic heterocycles. The molecule has 0 saturated heterocycles. The number of ether oxygens (including phenoxy) is 3. The van der Waals surface area contributed by atoms with Gasteiger partial charge in [0.1, 0.15) is 17.2 Å². The van der Waals surface area contributed by atoms with Crippen LogP contribution < -0.4 is 14.2 Å². The highest BCUT2D eigenvalue weighted by molar-refractivity contribution is 6.07. The Morgan fingerprint density at radius 1 is 0.913 bits per heavy atom. The lowest BCUT2D eigenvalue weighted by molar-refractivity contribution is 0.104. The van der Waals surface area contributed by atoms with Gasteiger partial charge in [0.15, 0.2) is 5.78 Å². The molecule has 0 unspecified atom stereocenters. The fourth-order valence-electron chi connectivity index (χ4n) is 2.23. The molecule has 23 heavy (non-hydrogen) atoms. The second-order valence-corrected chi connectivity index (χ2v) is 5.03. The predicted molar refractivity (Wildman–Crippen MR) is 90.6 cm³/mol. The second-order valence-electron chi connectivity index (χ2n) is 5.03. The predicted octanol–water partition coefficient (Wildman–Crippen LogP) is 3.92. The number of aryl methyl sites for hydroxylation is 1. The molecule has 2 aromatic rings. The van der Waals surface area contributed by atoms with Crippen LogP contribution in [0.5, 0.6) is 17.2 Å². The molecule has 0 radical (unpaired) electrons. The van der Waals surface area contributed by atoms with Gasteiger partial charge in [-0.15, -0.1) is 0 Å². The minimum Gasteiger partial charge on any atom is -0.497 e. The van der Waals surface area contributed by atoms with Crippen LogP contribution in [0.25, 0.3) is 6.08 Å². The minimum atomic E-state index is -0.0717. The van der Waals surface area contributed by atoms with Gasteiger partial charge in [-0.3, -0.25) is 4.79 Å². The lowest BCUT2D eigenvalue weighted by Crippen LogP contribution is -1.96. The van der Waals surface area contributed by atoms with E-state index in [4.69, 9.17) is 14.2 Å². The third-order valence-electron chi connectivity index (χ3n) is 3.48. The number of hydrogen-bond donors (Lipinski definition) is 0. The van der Waals surface area contributed by atoms with Gasteiger partial charge in [-0.1, -0.05) is 6.08 Å². The lowest BCUT2D eigenvalue weighted by atomic mass is 10.1. The van der Waals surface area contributed by atoms with E-state index < -0.39 is 0 Å². The topological polar surface area (TPSA) is 44.8 Å².